The first-order chi connectivity index (χ1) is 14.1. The van der Waals surface area contributed by atoms with Crippen LogP contribution >= 0.6 is 0 Å². The molecule has 0 amide bonds. The number of allylic oxidation sites excluding steroid dienone is 2. The van der Waals surface area contributed by atoms with E-state index in [1.165, 1.54) is 23.1 Å². The Kier molecular flexibility index (Phi) is 7.77. The highest BCUT2D eigenvalue weighted by molar-refractivity contribution is 7.92. The van der Waals surface area contributed by atoms with Crippen molar-refractivity contribution >= 4 is 10.0 Å². The Bertz CT molecular complexity index is 898. The molecule has 0 bridgehead atoms. The third-order valence-corrected chi connectivity index (χ3v) is 6.53. The zero-order valence-electron chi connectivity index (χ0n) is 16.6. The summed E-state index contributed by atoms with van der Waals surface area (Å²) in [7, 11) is -3.51. The zero-order chi connectivity index (χ0) is 20.5. The van der Waals surface area contributed by atoms with Crippen LogP contribution in [0.15, 0.2) is 84.8 Å². The standard InChI is InChI=1S/C23H28N2O3S/c1-2-3-16-29(26,27)25-15-14-24(17-21-10-6-4-7-11-21)18-23(25)20-28-19-22-12-8-5-9-13-22/h2-13,16,23H,1,14-15,17-20H2. The SMILES string of the molecule is C=CC=CS(=O)(=O)N1CCN(Cc2ccccc2)CC1COCc1ccccc1. The summed E-state index contributed by atoms with van der Waals surface area (Å²) >= 11 is 0. The second-order valence-electron chi connectivity index (χ2n) is 7.10. The highest BCUT2D eigenvalue weighted by Crippen LogP contribution is 2.19. The van der Waals surface area contributed by atoms with Crippen LogP contribution < -0.4 is 0 Å². The minimum Gasteiger partial charge on any atom is -0.375 e. The van der Waals surface area contributed by atoms with Crippen LogP contribution in [0.5, 0.6) is 0 Å². The monoisotopic (exact) mass is 412 g/mol. The molecule has 0 aromatic heterocycles. The van der Waals surface area contributed by atoms with Gasteiger partial charge in [-0.25, -0.2) is 8.42 Å². The van der Waals surface area contributed by atoms with E-state index in [0.29, 0.717) is 32.8 Å². The van der Waals surface area contributed by atoms with Crippen molar-refractivity contribution in [2.24, 2.45) is 0 Å². The van der Waals surface area contributed by atoms with Gasteiger partial charge in [-0.3, -0.25) is 4.90 Å². The molecule has 3 rings (SSSR count). The molecule has 1 saturated heterocycles. The van der Waals surface area contributed by atoms with E-state index in [1.807, 2.05) is 48.5 Å². The van der Waals surface area contributed by atoms with E-state index in [4.69, 9.17) is 4.74 Å². The molecule has 1 heterocycles. The van der Waals surface area contributed by atoms with Crippen molar-refractivity contribution < 1.29 is 13.2 Å². The maximum Gasteiger partial charge on any atom is 0.236 e. The first kappa shape index (κ1) is 21.5. The average molecular weight is 413 g/mol. The Morgan fingerprint density at radius 2 is 1.66 bits per heavy atom. The van der Waals surface area contributed by atoms with Crippen molar-refractivity contribution in [3.8, 4) is 0 Å². The average Bonchev–Trinajstić information content (AvgIpc) is 2.74. The molecule has 0 radical (unpaired) electrons. The van der Waals surface area contributed by atoms with Gasteiger partial charge in [-0.1, -0.05) is 79.4 Å². The van der Waals surface area contributed by atoms with Gasteiger partial charge < -0.3 is 4.74 Å². The van der Waals surface area contributed by atoms with Crippen molar-refractivity contribution in [3.05, 3.63) is 95.9 Å². The van der Waals surface area contributed by atoms with Crippen LogP contribution in [0.25, 0.3) is 0 Å². The van der Waals surface area contributed by atoms with Crippen LogP contribution in [0.1, 0.15) is 11.1 Å². The first-order valence-corrected chi connectivity index (χ1v) is 11.3. The van der Waals surface area contributed by atoms with E-state index in [0.717, 1.165) is 12.1 Å². The molecule has 1 unspecified atom stereocenters. The van der Waals surface area contributed by atoms with Gasteiger partial charge in [-0.15, -0.1) is 0 Å². The Balaban J connectivity index is 1.68. The highest BCUT2D eigenvalue weighted by atomic mass is 32.2. The van der Waals surface area contributed by atoms with Crippen molar-refractivity contribution in [3.63, 3.8) is 0 Å². The second kappa shape index (κ2) is 10.5. The van der Waals surface area contributed by atoms with Gasteiger partial charge in [0.25, 0.3) is 0 Å². The van der Waals surface area contributed by atoms with Gasteiger partial charge in [-0.2, -0.15) is 4.31 Å². The summed E-state index contributed by atoms with van der Waals surface area (Å²) in [4.78, 5) is 2.29. The lowest BCUT2D eigenvalue weighted by molar-refractivity contribution is 0.0371. The van der Waals surface area contributed by atoms with Gasteiger partial charge in [0.2, 0.25) is 10.0 Å². The smallest absolute Gasteiger partial charge is 0.236 e. The number of hydrogen-bond acceptors (Lipinski definition) is 4. The number of benzene rings is 2. The lowest BCUT2D eigenvalue weighted by atomic mass is 10.1. The van der Waals surface area contributed by atoms with Crippen LogP contribution in [0.3, 0.4) is 0 Å². The number of hydrogen-bond donors (Lipinski definition) is 0. The molecule has 1 aliphatic rings. The summed E-state index contributed by atoms with van der Waals surface area (Å²) in [5.74, 6) is 0. The number of nitrogens with zero attached hydrogens (tertiary/aromatic N) is 2. The van der Waals surface area contributed by atoms with Gasteiger partial charge in [-0.05, 0) is 11.1 Å². The molecule has 1 fully saturated rings. The summed E-state index contributed by atoms with van der Waals surface area (Å²) in [5.41, 5.74) is 2.30. The maximum atomic E-state index is 12.8. The third-order valence-electron chi connectivity index (χ3n) is 4.90. The Labute approximate surface area is 174 Å². The minimum absolute atomic E-state index is 0.240. The molecule has 1 atom stereocenters. The van der Waals surface area contributed by atoms with E-state index < -0.39 is 10.0 Å². The first-order valence-electron chi connectivity index (χ1n) is 9.77. The molecule has 0 saturated carbocycles. The van der Waals surface area contributed by atoms with Crippen molar-refractivity contribution in [2.45, 2.75) is 19.2 Å². The van der Waals surface area contributed by atoms with Crippen molar-refractivity contribution in [1.82, 2.24) is 9.21 Å². The van der Waals surface area contributed by atoms with Crippen LogP contribution in [0.2, 0.25) is 0 Å². The fourth-order valence-corrected chi connectivity index (χ4v) is 4.82. The minimum atomic E-state index is -3.51. The van der Waals surface area contributed by atoms with E-state index in [1.54, 1.807) is 4.31 Å². The predicted molar refractivity (Wildman–Crippen MR) is 117 cm³/mol. The van der Waals surface area contributed by atoms with Crippen LogP contribution in [-0.2, 0) is 27.9 Å². The maximum absolute atomic E-state index is 12.8. The molecular weight excluding hydrogens is 384 g/mol. The van der Waals surface area contributed by atoms with Crippen molar-refractivity contribution in [2.75, 3.05) is 26.2 Å². The molecule has 6 heteroatoms. The topological polar surface area (TPSA) is 49.9 Å². The zero-order valence-corrected chi connectivity index (χ0v) is 17.4. The van der Waals surface area contributed by atoms with E-state index >= 15 is 0 Å². The van der Waals surface area contributed by atoms with Crippen LogP contribution in [-0.4, -0.2) is 49.9 Å². The van der Waals surface area contributed by atoms with E-state index in [9.17, 15) is 8.42 Å². The summed E-state index contributed by atoms with van der Waals surface area (Å²) in [6.07, 6.45) is 2.94. The number of piperazine rings is 1. The Morgan fingerprint density at radius 1 is 1.00 bits per heavy atom. The fourth-order valence-electron chi connectivity index (χ4n) is 3.48. The van der Waals surface area contributed by atoms with Crippen LogP contribution in [0.4, 0.5) is 0 Å². The fraction of sp³-hybridized carbons (Fsp3) is 0.304. The van der Waals surface area contributed by atoms with Crippen molar-refractivity contribution in [1.29, 1.82) is 0 Å². The molecule has 0 aliphatic carbocycles. The molecule has 0 N–H and O–H groups in total. The molecule has 0 spiro atoms. The summed E-state index contributed by atoms with van der Waals surface area (Å²) in [5, 5.41) is 1.22. The molecular formula is C23H28N2O3S. The summed E-state index contributed by atoms with van der Waals surface area (Å²) in [6.45, 7) is 6.93. The Hall–Kier alpha value is -2.25. The summed E-state index contributed by atoms with van der Waals surface area (Å²) < 4.78 is 33.0. The molecule has 1 aliphatic heterocycles. The lowest BCUT2D eigenvalue weighted by Crippen LogP contribution is -2.56. The molecule has 154 valence electrons. The number of rotatable bonds is 9. The Morgan fingerprint density at radius 3 is 2.31 bits per heavy atom. The quantitative estimate of drug-likeness (QED) is 0.592. The highest BCUT2D eigenvalue weighted by Gasteiger charge is 2.34. The predicted octanol–water partition coefficient (Wildman–Crippen LogP) is 3.42. The van der Waals surface area contributed by atoms with Gasteiger partial charge in [0.05, 0.1) is 19.3 Å². The molecule has 5 nitrogen and oxygen atoms in total. The largest absolute Gasteiger partial charge is 0.375 e. The molecule has 29 heavy (non-hydrogen) atoms. The van der Waals surface area contributed by atoms with Gasteiger partial charge in [0.15, 0.2) is 0 Å². The second-order valence-corrected chi connectivity index (χ2v) is 8.87. The van der Waals surface area contributed by atoms with Gasteiger partial charge in [0.1, 0.15) is 0 Å². The lowest BCUT2D eigenvalue weighted by Gasteiger charge is -2.40. The third kappa shape index (κ3) is 6.37. The summed E-state index contributed by atoms with van der Waals surface area (Å²) in [6, 6.07) is 19.9. The number of sulfonamides is 1. The molecule has 2 aromatic carbocycles. The van der Waals surface area contributed by atoms with E-state index in [-0.39, 0.29) is 6.04 Å². The van der Waals surface area contributed by atoms with Crippen LogP contribution in [0, 0.1) is 0 Å². The van der Waals surface area contributed by atoms with E-state index in [2.05, 4.69) is 23.6 Å². The van der Waals surface area contributed by atoms with Gasteiger partial charge >= 0.3 is 0 Å². The van der Waals surface area contributed by atoms with Gasteiger partial charge in [0, 0.05) is 31.6 Å². The number of ether oxygens (including phenoxy) is 1. The molecule has 2 aromatic rings. The normalized spacial score (nSPS) is 18.8.